The average molecular weight is 203 g/mol. The zero-order valence-electron chi connectivity index (χ0n) is 8.28. The quantitative estimate of drug-likeness (QED) is 0.613. The normalized spacial score (nSPS) is 17.8. The second-order valence-corrected chi connectivity index (χ2v) is 4.22. The number of rotatable bonds is 7. The molecule has 1 N–H and O–H groups in total. The van der Waals surface area contributed by atoms with Gasteiger partial charge < -0.3 is 10.0 Å². The van der Waals surface area contributed by atoms with Gasteiger partial charge in [-0.2, -0.15) is 12.6 Å². The van der Waals surface area contributed by atoms with Crippen LogP contribution in [0.5, 0.6) is 0 Å². The molecule has 0 aromatic carbocycles. The number of thiol groups is 1. The molecule has 0 unspecified atom stereocenters. The van der Waals surface area contributed by atoms with Crippen LogP contribution in [0.15, 0.2) is 0 Å². The zero-order valence-corrected chi connectivity index (χ0v) is 9.18. The van der Waals surface area contributed by atoms with Crippen molar-refractivity contribution in [2.75, 3.05) is 25.4 Å². The van der Waals surface area contributed by atoms with E-state index in [1.807, 2.05) is 0 Å². The average Bonchev–Trinajstić information content (AvgIpc) is 2.06. The van der Waals surface area contributed by atoms with Crippen molar-refractivity contribution < 1.29 is 5.11 Å². The van der Waals surface area contributed by atoms with Gasteiger partial charge in [-0.25, -0.2) is 0 Å². The van der Waals surface area contributed by atoms with Gasteiger partial charge >= 0.3 is 0 Å². The lowest BCUT2D eigenvalue weighted by Crippen LogP contribution is -2.41. The van der Waals surface area contributed by atoms with Crippen molar-refractivity contribution in [1.29, 1.82) is 0 Å². The van der Waals surface area contributed by atoms with Gasteiger partial charge in [-0.3, -0.25) is 0 Å². The van der Waals surface area contributed by atoms with Gasteiger partial charge in [0, 0.05) is 19.2 Å². The Balaban J connectivity index is 2.16. The number of hydrogen-bond acceptors (Lipinski definition) is 3. The molecule has 1 aliphatic rings. The predicted octanol–water partition coefficient (Wildman–Crippen LogP) is 1.54. The Hall–Kier alpha value is 0.270. The van der Waals surface area contributed by atoms with E-state index < -0.39 is 0 Å². The summed E-state index contributed by atoms with van der Waals surface area (Å²) in [7, 11) is 0. The van der Waals surface area contributed by atoms with Crippen LogP contribution in [0.3, 0.4) is 0 Å². The van der Waals surface area contributed by atoms with Crippen LogP contribution in [0.2, 0.25) is 0 Å². The Bertz CT molecular complexity index is 120. The van der Waals surface area contributed by atoms with E-state index >= 15 is 0 Å². The molecular weight excluding hydrogens is 182 g/mol. The standard InChI is InChI=1S/C10H21NOS/c12-8-2-6-11(7-3-9-13)10-4-1-5-10/h10,12-13H,1-9H2. The molecule has 1 aliphatic carbocycles. The van der Waals surface area contributed by atoms with Crippen molar-refractivity contribution in [1.82, 2.24) is 4.90 Å². The van der Waals surface area contributed by atoms with E-state index in [-0.39, 0.29) is 0 Å². The van der Waals surface area contributed by atoms with Gasteiger partial charge in [-0.1, -0.05) is 6.42 Å². The molecule has 0 heterocycles. The monoisotopic (exact) mass is 203 g/mol. The Morgan fingerprint density at radius 3 is 2.38 bits per heavy atom. The summed E-state index contributed by atoms with van der Waals surface area (Å²) in [5.41, 5.74) is 0. The molecule has 2 nitrogen and oxygen atoms in total. The molecule has 0 saturated heterocycles. The van der Waals surface area contributed by atoms with Crippen LogP contribution >= 0.6 is 12.6 Å². The lowest BCUT2D eigenvalue weighted by Gasteiger charge is -2.37. The Labute approximate surface area is 86.7 Å². The molecule has 1 fully saturated rings. The number of aliphatic hydroxyl groups excluding tert-OH is 1. The predicted molar refractivity (Wildman–Crippen MR) is 59.4 cm³/mol. The van der Waals surface area contributed by atoms with E-state index in [2.05, 4.69) is 17.5 Å². The third-order valence-electron chi connectivity index (χ3n) is 2.80. The highest BCUT2D eigenvalue weighted by Gasteiger charge is 2.23. The maximum absolute atomic E-state index is 8.77. The summed E-state index contributed by atoms with van der Waals surface area (Å²) in [5, 5.41) is 8.77. The van der Waals surface area contributed by atoms with Crippen LogP contribution in [-0.2, 0) is 0 Å². The van der Waals surface area contributed by atoms with E-state index in [1.165, 1.54) is 25.7 Å². The first kappa shape index (κ1) is 11.3. The highest BCUT2D eigenvalue weighted by atomic mass is 32.1. The minimum Gasteiger partial charge on any atom is -0.396 e. The second kappa shape index (κ2) is 6.68. The molecule has 78 valence electrons. The molecule has 0 bridgehead atoms. The van der Waals surface area contributed by atoms with E-state index in [9.17, 15) is 0 Å². The molecule has 0 radical (unpaired) electrons. The molecule has 0 aromatic heterocycles. The number of aliphatic hydroxyl groups is 1. The SMILES string of the molecule is OCCCN(CCCS)C1CCC1. The minimum atomic E-state index is 0.324. The van der Waals surface area contributed by atoms with Crippen molar-refractivity contribution >= 4 is 12.6 Å². The molecule has 1 saturated carbocycles. The summed E-state index contributed by atoms with van der Waals surface area (Å²) in [5.74, 6) is 0.975. The summed E-state index contributed by atoms with van der Waals surface area (Å²) in [4.78, 5) is 2.52. The highest BCUT2D eigenvalue weighted by Crippen LogP contribution is 2.24. The second-order valence-electron chi connectivity index (χ2n) is 3.78. The van der Waals surface area contributed by atoms with E-state index in [0.717, 1.165) is 31.3 Å². The topological polar surface area (TPSA) is 23.5 Å². The summed E-state index contributed by atoms with van der Waals surface area (Å²) in [6, 6.07) is 0.812. The van der Waals surface area contributed by atoms with Crippen molar-refractivity contribution in [3.05, 3.63) is 0 Å². The molecule has 0 amide bonds. The molecule has 3 heteroatoms. The maximum Gasteiger partial charge on any atom is 0.0443 e. The summed E-state index contributed by atoms with van der Waals surface area (Å²) < 4.78 is 0. The van der Waals surface area contributed by atoms with Crippen molar-refractivity contribution in [2.45, 2.75) is 38.1 Å². The van der Waals surface area contributed by atoms with Crippen molar-refractivity contribution in [3.8, 4) is 0 Å². The summed E-state index contributed by atoms with van der Waals surface area (Å²) in [6.45, 7) is 2.55. The number of hydrogen-bond donors (Lipinski definition) is 2. The van der Waals surface area contributed by atoms with Gasteiger partial charge in [-0.05, 0) is 38.0 Å². The van der Waals surface area contributed by atoms with Gasteiger partial charge in [0.2, 0.25) is 0 Å². The van der Waals surface area contributed by atoms with Gasteiger partial charge in [0.15, 0.2) is 0 Å². The fraction of sp³-hybridized carbons (Fsp3) is 1.00. The van der Waals surface area contributed by atoms with Gasteiger partial charge in [-0.15, -0.1) is 0 Å². The largest absolute Gasteiger partial charge is 0.396 e. The molecule has 0 spiro atoms. The van der Waals surface area contributed by atoms with Gasteiger partial charge in [0.1, 0.15) is 0 Å². The van der Waals surface area contributed by atoms with E-state index in [1.54, 1.807) is 0 Å². The third kappa shape index (κ3) is 3.88. The number of nitrogens with zero attached hydrogens (tertiary/aromatic N) is 1. The highest BCUT2D eigenvalue weighted by molar-refractivity contribution is 7.80. The molecule has 13 heavy (non-hydrogen) atoms. The Morgan fingerprint density at radius 1 is 1.23 bits per heavy atom. The van der Waals surface area contributed by atoms with Crippen LogP contribution in [0.25, 0.3) is 0 Å². The molecule has 0 aliphatic heterocycles. The smallest absolute Gasteiger partial charge is 0.0443 e. The molecule has 0 aromatic rings. The Morgan fingerprint density at radius 2 is 1.92 bits per heavy atom. The zero-order chi connectivity index (χ0) is 9.52. The van der Waals surface area contributed by atoms with Crippen LogP contribution in [0.4, 0.5) is 0 Å². The van der Waals surface area contributed by atoms with Gasteiger partial charge in [0.25, 0.3) is 0 Å². The minimum absolute atomic E-state index is 0.324. The first-order chi connectivity index (χ1) is 6.38. The first-order valence-electron chi connectivity index (χ1n) is 5.34. The van der Waals surface area contributed by atoms with E-state index in [0.29, 0.717) is 6.61 Å². The van der Waals surface area contributed by atoms with Crippen molar-refractivity contribution in [2.24, 2.45) is 0 Å². The van der Waals surface area contributed by atoms with Crippen LogP contribution < -0.4 is 0 Å². The maximum atomic E-state index is 8.77. The lowest BCUT2D eigenvalue weighted by molar-refractivity contribution is 0.117. The summed E-state index contributed by atoms with van der Waals surface area (Å²) in [6.07, 6.45) is 6.20. The van der Waals surface area contributed by atoms with E-state index in [4.69, 9.17) is 5.11 Å². The summed E-state index contributed by atoms with van der Waals surface area (Å²) >= 11 is 4.23. The van der Waals surface area contributed by atoms with Crippen LogP contribution in [0.1, 0.15) is 32.1 Å². The molecular formula is C10H21NOS. The first-order valence-corrected chi connectivity index (χ1v) is 5.97. The molecule has 1 rings (SSSR count). The van der Waals surface area contributed by atoms with Crippen LogP contribution in [0, 0.1) is 0 Å². The lowest BCUT2D eigenvalue weighted by atomic mass is 9.91. The third-order valence-corrected chi connectivity index (χ3v) is 3.11. The molecule has 0 atom stereocenters. The fourth-order valence-corrected chi connectivity index (χ4v) is 1.92. The van der Waals surface area contributed by atoms with Gasteiger partial charge in [0.05, 0.1) is 0 Å². The fourth-order valence-electron chi connectivity index (χ4n) is 1.78. The van der Waals surface area contributed by atoms with Crippen LogP contribution in [-0.4, -0.2) is 41.5 Å². The Kier molecular flexibility index (Phi) is 5.83. The van der Waals surface area contributed by atoms with Crippen molar-refractivity contribution in [3.63, 3.8) is 0 Å².